The minimum Gasteiger partial charge on any atom is -0.341 e. The number of fused-ring (bicyclic) bond motifs is 4. The summed E-state index contributed by atoms with van der Waals surface area (Å²) in [7, 11) is 2.08. The molecule has 0 saturated heterocycles. The summed E-state index contributed by atoms with van der Waals surface area (Å²) in [5.74, 6) is 0. The van der Waals surface area contributed by atoms with Gasteiger partial charge in [-0.1, -0.05) is 54.6 Å². The predicted octanol–water partition coefficient (Wildman–Crippen LogP) is 4.93. The van der Waals surface area contributed by atoms with E-state index in [0.717, 1.165) is 44.9 Å². The number of benzene rings is 3. The largest absolute Gasteiger partial charge is 0.341 e. The standard InChI is InChI=1S/C26H25N5O/c1-31-22-15-8-6-13-20(22)24(23-19-12-5-7-14-21(19)30-25(23)31)27-16-9-17-28-26(32)29-18-10-3-2-4-11-18/h2-8,10-15,30H,9,16-17H2,1H3,(H2,28,29,32). The van der Waals surface area contributed by atoms with Crippen molar-refractivity contribution in [2.75, 3.05) is 18.4 Å². The SMILES string of the molecule is Cn1c2ccccc2c(=NCCCNC(=O)Nc2ccccc2)c2c3ccccc3[nH]c21. The number of amides is 2. The van der Waals surface area contributed by atoms with Gasteiger partial charge in [0.05, 0.1) is 16.3 Å². The van der Waals surface area contributed by atoms with Gasteiger partial charge in [0.2, 0.25) is 0 Å². The monoisotopic (exact) mass is 423 g/mol. The molecule has 0 aliphatic carbocycles. The number of aromatic nitrogens is 2. The van der Waals surface area contributed by atoms with Gasteiger partial charge in [-0.3, -0.25) is 4.99 Å². The Kier molecular flexibility index (Phi) is 5.34. The second-order valence-electron chi connectivity index (χ2n) is 7.80. The zero-order chi connectivity index (χ0) is 21.9. The third kappa shape index (κ3) is 3.71. The maximum absolute atomic E-state index is 12.1. The summed E-state index contributed by atoms with van der Waals surface area (Å²) in [5.41, 5.74) is 4.07. The van der Waals surface area contributed by atoms with Crippen LogP contribution in [-0.2, 0) is 7.05 Å². The molecule has 3 aromatic carbocycles. The third-order valence-corrected chi connectivity index (χ3v) is 5.70. The van der Waals surface area contributed by atoms with Gasteiger partial charge >= 0.3 is 6.03 Å². The zero-order valence-corrected chi connectivity index (χ0v) is 17.9. The van der Waals surface area contributed by atoms with Gasteiger partial charge in [-0.2, -0.15) is 0 Å². The maximum atomic E-state index is 12.1. The van der Waals surface area contributed by atoms with Crippen LogP contribution in [0.3, 0.4) is 0 Å². The van der Waals surface area contributed by atoms with Crippen LogP contribution < -0.4 is 16.0 Å². The number of aryl methyl sites for hydroxylation is 1. The van der Waals surface area contributed by atoms with Crippen molar-refractivity contribution in [2.24, 2.45) is 12.0 Å². The predicted molar refractivity (Wildman–Crippen MR) is 131 cm³/mol. The number of aromatic amines is 1. The first-order valence-electron chi connectivity index (χ1n) is 10.8. The zero-order valence-electron chi connectivity index (χ0n) is 17.9. The lowest BCUT2D eigenvalue weighted by Crippen LogP contribution is -2.29. The number of carbonyl (C=O) groups excluding carboxylic acids is 1. The Labute approximate surface area is 185 Å². The first-order chi connectivity index (χ1) is 15.7. The quantitative estimate of drug-likeness (QED) is 0.345. The molecule has 5 aromatic rings. The number of anilines is 1. The van der Waals surface area contributed by atoms with E-state index < -0.39 is 0 Å². The molecule has 0 aliphatic heterocycles. The van der Waals surface area contributed by atoms with Crippen molar-refractivity contribution in [3.8, 4) is 0 Å². The number of nitrogens with zero attached hydrogens (tertiary/aromatic N) is 2. The van der Waals surface area contributed by atoms with Crippen LogP contribution in [0.4, 0.5) is 10.5 Å². The Hall–Kier alpha value is -4.06. The summed E-state index contributed by atoms with van der Waals surface area (Å²) in [6, 6.07) is 25.9. The molecule has 6 heteroatoms. The molecule has 0 bridgehead atoms. The highest BCUT2D eigenvalue weighted by atomic mass is 16.2. The fourth-order valence-corrected chi connectivity index (χ4v) is 4.17. The summed E-state index contributed by atoms with van der Waals surface area (Å²) in [4.78, 5) is 20.6. The first-order valence-corrected chi connectivity index (χ1v) is 10.8. The molecule has 2 amide bonds. The molecule has 0 aliphatic rings. The molecule has 0 radical (unpaired) electrons. The number of urea groups is 1. The fourth-order valence-electron chi connectivity index (χ4n) is 4.17. The smallest absolute Gasteiger partial charge is 0.319 e. The van der Waals surface area contributed by atoms with Crippen LogP contribution in [-0.4, -0.2) is 28.7 Å². The van der Waals surface area contributed by atoms with E-state index in [1.54, 1.807) is 0 Å². The number of para-hydroxylation sites is 3. The Bertz CT molecular complexity index is 1480. The summed E-state index contributed by atoms with van der Waals surface area (Å²) < 4.78 is 2.19. The highest BCUT2D eigenvalue weighted by Gasteiger charge is 2.12. The molecule has 2 aromatic heterocycles. The lowest BCUT2D eigenvalue weighted by Gasteiger charge is -2.09. The average Bonchev–Trinajstić information content (AvgIpc) is 3.21. The highest BCUT2D eigenvalue weighted by Crippen LogP contribution is 2.25. The van der Waals surface area contributed by atoms with Gasteiger partial charge in [0.25, 0.3) is 0 Å². The normalized spacial score (nSPS) is 12.0. The molecular formula is C26H25N5O. The van der Waals surface area contributed by atoms with Crippen molar-refractivity contribution in [2.45, 2.75) is 6.42 Å². The van der Waals surface area contributed by atoms with E-state index in [2.05, 4.69) is 69.7 Å². The molecular weight excluding hydrogens is 398 g/mol. The second-order valence-corrected chi connectivity index (χ2v) is 7.80. The van der Waals surface area contributed by atoms with E-state index in [4.69, 9.17) is 4.99 Å². The van der Waals surface area contributed by atoms with Gasteiger partial charge in [-0.15, -0.1) is 0 Å². The van der Waals surface area contributed by atoms with Gasteiger partial charge in [0, 0.05) is 42.1 Å². The van der Waals surface area contributed by atoms with Crippen LogP contribution in [0.2, 0.25) is 0 Å². The molecule has 0 atom stereocenters. The molecule has 0 saturated carbocycles. The van der Waals surface area contributed by atoms with E-state index in [0.29, 0.717) is 13.1 Å². The summed E-state index contributed by atoms with van der Waals surface area (Å²) in [6.07, 6.45) is 0.751. The van der Waals surface area contributed by atoms with Gasteiger partial charge in [0.15, 0.2) is 0 Å². The molecule has 3 N–H and O–H groups in total. The number of pyridine rings is 1. The minimum absolute atomic E-state index is 0.201. The Morgan fingerprint density at radius 3 is 2.50 bits per heavy atom. The van der Waals surface area contributed by atoms with Crippen LogP contribution in [0, 0.1) is 0 Å². The second kappa shape index (κ2) is 8.59. The number of rotatable bonds is 5. The van der Waals surface area contributed by atoms with E-state index in [-0.39, 0.29) is 6.03 Å². The van der Waals surface area contributed by atoms with Crippen molar-refractivity contribution >= 4 is 44.6 Å². The van der Waals surface area contributed by atoms with Crippen LogP contribution in [0.5, 0.6) is 0 Å². The van der Waals surface area contributed by atoms with Crippen LogP contribution in [0.1, 0.15) is 6.42 Å². The van der Waals surface area contributed by atoms with Gasteiger partial charge in [-0.25, -0.2) is 4.79 Å². The maximum Gasteiger partial charge on any atom is 0.319 e. The fraction of sp³-hybridized carbons (Fsp3) is 0.154. The van der Waals surface area contributed by atoms with Crippen molar-refractivity contribution in [1.29, 1.82) is 0 Å². The van der Waals surface area contributed by atoms with E-state index in [1.165, 1.54) is 5.39 Å². The van der Waals surface area contributed by atoms with Crippen LogP contribution in [0.25, 0.3) is 32.8 Å². The number of nitrogens with one attached hydrogen (secondary N) is 3. The lowest BCUT2D eigenvalue weighted by atomic mass is 10.1. The lowest BCUT2D eigenvalue weighted by molar-refractivity contribution is 0.252. The topological polar surface area (TPSA) is 74.2 Å². The van der Waals surface area contributed by atoms with Crippen molar-refractivity contribution in [3.63, 3.8) is 0 Å². The molecule has 2 heterocycles. The molecule has 6 nitrogen and oxygen atoms in total. The number of H-pyrrole nitrogens is 1. The van der Waals surface area contributed by atoms with Crippen LogP contribution in [0.15, 0.2) is 83.9 Å². The van der Waals surface area contributed by atoms with E-state index in [1.807, 2.05) is 36.4 Å². The van der Waals surface area contributed by atoms with E-state index in [9.17, 15) is 4.79 Å². The third-order valence-electron chi connectivity index (χ3n) is 5.70. The average molecular weight is 424 g/mol. The van der Waals surface area contributed by atoms with Crippen molar-refractivity contribution in [1.82, 2.24) is 14.9 Å². The first kappa shape index (κ1) is 19.9. The van der Waals surface area contributed by atoms with Gasteiger partial charge < -0.3 is 20.2 Å². The van der Waals surface area contributed by atoms with Gasteiger partial charge in [0.1, 0.15) is 5.65 Å². The Morgan fingerprint density at radius 1 is 0.938 bits per heavy atom. The summed E-state index contributed by atoms with van der Waals surface area (Å²) in [6.45, 7) is 1.18. The molecule has 0 fully saturated rings. The van der Waals surface area contributed by atoms with Crippen molar-refractivity contribution in [3.05, 3.63) is 84.2 Å². The molecule has 0 unspecified atom stereocenters. The Morgan fingerprint density at radius 2 is 1.66 bits per heavy atom. The summed E-state index contributed by atoms with van der Waals surface area (Å²) >= 11 is 0. The van der Waals surface area contributed by atoms with E-state index >= 15 is 0 Å². The number of hydrogen-bond acceptors (Lipinski definition) is 2. The van der Waals surface area contributed by atoms with Gasteiger partial charge in [-0.05, 0) is 30.7 Å². The summed E-state index contributed by atoms with van der Waals surface area (Å²) in [5, 5.41) is 10.2. The number of hydrogen-bond donors (Lipinski definition) is 3. The number of carbonyl (C=O) groups is 1. The minimum atomic E-state index is -0.201. The van der Waals surface area contributed by atoms with Crippen LogP contribution >= 0.6 is 0 Å². The Balaban J connectivity index is 1.41. The highest BCUT2D eigenvalue weighted by molar-refractivity contribution is 6.09. The molecule has 0 spiro atoms. The molecule has 160 valence electrons. The van der Waals surface area contributed by atoms with Crippen molar-refractivity contribution < 1.29 is 4.79 Å². The molecule has 5 rings (SSSR count). The molecule has 32 heavy (non-hydrogen) atoms.